The van der Waals surface area contributed by atoms with Gasteiger partial charge in [0.25, 0.3) is 0 Å². The van der Waals surface area contributed by atoms with Gasteiger partial charge < -0.3 is 14.5 Å². The van der Waals surface area contributed by atoms with E-state index in [2.05, 4.69) is 4.90 Å². The Labute approximate surface area is 124 Å². The van der Waals surface area contributed by atoms with Crippen molar-refractivity contribution < 1.29 is 19.1 Å². The number of carbonyl (C=O) groups is 1. The molecule has 2 aliphatic rings. The van der Waals surface area contributed by atoms with E-state index in [1.807, 2.05) is 12.1 Å². The molecule has 0 atom stereocenters. The van der Waals surface area contributed by atoms with Crippen molar-refractivity contribution in [3.8, 4) is 0 Å². The molecule has 6 heteroatoms. The fourth-order valence-electron chi connectivity index (χ4n) is 2.72. The first-order valence-corrected chi connectivity index (χ1v) is 7.64. The minimum Gasteiger partial charge on any atom is -0.378 e. The van der Waals surface area contributed by atoms with Gasteiger partial charge in [-0.1, -0.05) is 0 Å². The third kappa shape index (κ3) is 3.64. The maximum absolute atomic E-state index is 12.0. The molecule has 6 nitrogen and oxygen atoms in total. The van der Waals surface area contributed by atoms with Crippen molar-refractivity contribution in [1.82, 2.24) is 4.90 Å². The van der Waals surface area contributed by atoms with Crippen molar-refractivity contribution in [2.24, 2.45) is 0 Å². The summed E-state index contributed by atoms with van der Waals surface area (Å²) in [6.45, 7) is 4.92. The highest BCUT2D eigenvalue weighted by Crippen LogP contribution is 2.13. The van der Waals surface area contributed by atoms with Gasteiger partial charge >= 0.3 is 6.09 Å². The summed E-state index contributed by atoms with van der Waals surface area (Å²) in [4.78, 5) is 21.4. The van der Waals surface area contributed by atoms with Crippen LogP contribution in [0.2, 0.25) is 0 Å². The average Bonchev–Trinajstić information content (AvgIpc) is 2.57. The molecule has 114 valence electrons. The Bertz CT molecular complexity index is 466. The first kappa shape index (κ1) is 14.1. The molecule has 0 unspecified atom stereocenters. The second-order valence-electron chi connectivity index (χ2n) is 5.42. The van der Waals surface area contributed by atoms with Crippen LogP contribution in [0.25, 0.3) is 0 Å². The molecule has 0 aromatic carbocycles. The zero-order valence-electron chi connectivity index (χ0n) is 12.2. The number of hydrogen-bond acceptors (Lipinski definition) is 4. The highest BCUT2D eigenvalue weighted by Gasteiger charge is 2.22. The van der Waals surface area contributed by atoms with Crippen LogP contribution in [0, 0.1) is 0 Å². The molecule has 0 saturated carbocycles. The molecule has 0 spiro atoms. The molecule has 0 radical (unpaired) electrons. The number of piperidine rings is 1. The number of pyridine rings is 1. The lowest BCUT2D eigenvalue weighted by Crippen LogP contribution is -2.51. The van der Waals surface area contributed by atoms with Crippen molar-refractivity contribution in [1.29, 1.82) is 0 Å². The van der Waals surface area contributed by atoms with Crippen LogP contribution in [0.15, 0.2) is 24.5 Å². The minimum absolute atomic E-state index is 0.265. The zero-order valence-corrected chi connectivity index (χ0v) is 12.2. The van der Waals surface area contributed by atoms with Crippen molar-refractivity contribution in [3.05, 3.63) is 24.5 Å². The molecule has 1 aromatic heterocycles. The van der Waals surface area contributed by atoms with Gasteiger partial charge in [0.05, 0.1) is 13.2 Å². The third-order valence-corrected chi connectivity index (χ3v) is 3.96. The lowest BCUT2D eigenvalue weighted by molar-refractivity contribution is -0.869. The van der Waals surface area contributed by atoms with E-state index < -0.39 is 0 Å². The van der Waals surface area contributed by atoms with Gasteiger partial charge in [-0.25, -0.2) is 4.79 Å². The molecule has 2 fully saturated rings. The summed E-state index contributed by atoms with van der Waals surface area (Å²) in [5.74, 6) is 0. The van der Waals surface area contributed by atoms with E-state index in [4.69, 9.17) is 9.57 Å². The van der Waals surface area contributed by atoms with E-state index in [9.17, 15) is 4.79 Å². The van der Waals surface area contributed by atoms with E-state index in [0.717, 1.165) is 57.9 Å². The lowest BCUT2D eigenvalue weighted by atomic mass is 10.1. The first-order chi connectivity index (χ1) is 10.3. The van der Waals surface area contributed by atoms with Crippen LogP contribution in [-0.2, 0) is 4.74 Å². The first-order valence-electron chi connectivity index (χ1n) is 7.64. The number of rotatable bonds is 2. The number of amides is 1. The van der Waals surface area contributed by atoms with Crippen LogP contribution in [0.3, 0.4) is 0 Å². The summed E-state index contributed by atoms with van der Waals surface area (Å²) >= 11 is 0. The molecule has 0 bridgehead atoms. The van der Waals surface area contributed by atoms with Crippen molar-refractivity contribution in [3.63, 3.8) is 0 Å². The van der Waals surface area contributed by atoms with E-state index in [1.54, 1.807) is 17.3 Å². The smallest absolute Gasteiger partial charge is 0.378 e. The van der Waals surface area contributed by atoms with Crippen molar-refractivity contribution in [2.75, 3.05) is 44.3 Å². The van der Waals surface area contributed by atoms with E-state index in [-0.39, 0.29) is 6.09 Å². The molecule has 1 amide bonds. The third-order valence-electron chi connectivity index (χ3n) is 3.96. The van der Waals surface area contributed by atoms with Crippen LogP contribution in [0.4, 0.5) is 10.5 Å². The predicted octanol–water partition coefficient (Wildman–Crippen LogP) is 0.845. The molecule has 0 aliphatic carbocycles. The number of morpholine rings is 1. The second-order valence-corrected chi connectivity index (χ2v) is 5.42. The largest absolute Gasteiger partial charge is 0.478 e. The number of likely N-dealkylation sites (tertiary alicyclic amines) is 1. The van der Waals surface area contributed by atoms with Gasteiger partial charge in [0.1, 0.15) is 0 Å². The second kappa shape index (κ2) is 6.76. The predicted molar refractivity (Wildman–Crippen MR) is 77.1 cm³/mol. The number of anilines is 1. The van der Waals surface area contributed by atoms with Gasteiger partial charge in [-0.2, -0.15) is 4.84 Å². The van der Waals surface area contributed by atoms with Gasteiger partial charge in [-0.05, 0) is 19.3 Å². The van der Waals surface area contributed by atoms with Crippen LogP contribution in [0.1, 0.15) is 19.3 Å². The minimum atomic E-state index is -0.265. The Morgan fingerprint density at radius 1 is 1.05 bits per heavy atom. The fourth-order valence-corrected chi connectivity index (χ4v) is 2.72. The summed E-state index contributed by atoms with van der Waals surface area (Å²) in [5.41, 5.74) is 1.13. The number of hydrogen-bond donors (Lipinski definition) is 0. The van der Waals surface area contributed by atoms with Gasteiger partial charge in [0, 0.05) is 48.7 Å². The highest BCUT2D eigenvalue weighted by atomic mass is 16.7. The number of carbonyl (C=O) groups excluding carboxylic acids is 1. The quantitative estimate of drug-likeness (QED) is 0.758. The Balaban J connectivity index is 1.57. The summed E-state index contributed by atoms with van der Waals surface area (Å²) in [5, 5.41) is 0. The van der Waals surface area contributed by atoms with Gasteiger partial charge in [0.15, 0.2) is 0 Å². The topological polar surface area (TPSA) is 45.9 Å². The lowest BCUT2D eigenvalue weighted by Gasteiger charge is -2.28. The maximum Gasteiger partial charge on any atom is 0.478 e. The van der Waals surface area contributed by atoms with E-state index in [0.29, 0.717) is 0 Å². The summed E-state index contributed by atoms with van der Waals surface area (Å²) < 4.78 is 6.82. The Morgan fingerprint density at radius 2 is 1.71 bits per heavy atom. The maximum atomic E-state index is 12.0. The molecular formula is C15H22N3O3+. The van der Waals surface area contributed by atoms with Gasteiger partial charge in [0.2, 0.25) is 12.4 Å². The van der Waals surface area contributed by atoms with Crippen molar-refractivity contribution in [2.45, 2.75) is 19.3 Å². The number of ether oxygens (including phenoxy) is 1. The Hall–Kier alpha value is -1.82. The molecule has 3 rings (SSSR count). The van der Waals surface area contributed by atoms with Crippen LogP contribution >= 0.6 is 0 Å². The molecule has 2 aliphatic heterocycles. The zero-order chi connectivity index (χ0) is 14.5. The standard InChI is InChI=1S/C15H22N3O3/c19-15(17-6-2-1-3-7-17)21-18-8-4-14(5-9-18)16-10-12-20-13-11-16/h4-5,8-9H,1-3,6-7,10-13H2/q+1. The molecular weight excluding hydrogens is 270 g/mol. The molecule has 1 aromatic rings. The fraction of sp³-hybridized carbons (Fsp3) is 0.600. The summed E-state index contributed by atoms with van der Waals surface area (Å²) in [6.07, 6.45) is 6.63. The Morgan fingerprint density at radius 3 is 2.38 bits per heavy atom. The normalized spacial score (nSPS) is 19.4. The average molecular weight is 292 g/mol. The van der Waals surface area contributed by atoms with Crippen LogP contribution < -0.4 is 14.5 Å². The SMILES string of the molecule is O=C(O[n+]1ccc(N2CCOCC2)cc1)N1CCCCC1. The summed E-state index contributed by atoms with van der Waals surface area (Å²) in [6, 6.07) is 3.93. The molecule has 2 saturated heterocycles. The van der Waals surface area contributed by atoms with Crippen molar-refractivity contribution >= 4 is 11.8 Å². The van der Waals surface area contributed by atoms with E-state index in [1.165, 1.54) is 11.2 Å². The highest BCUT2D eigenvalue weighted by molar-refractivity contribution is 5.67. The Kier molecular flexibility index (Phi) is 4.55. The molecule has 3 heterocycles. The van der Waals surface area contributed by atoms with Gasteiger partial charge in [-0.15, -0.1) is 0 Å². The number of nitrogens with zero attached hydrogens (tertiary/aromatic N) is 3. The monoisotopic (exact) mass is 292 g/mol. The van der Waals surface area contributed by atoms with Gasteiger partial charge in [-0.3, -0.25) is 0 Å². The van der Waals surface area contributed by atoms with Crippen LogP contribution in [-0.4, -0.2) is 50.4 Å². The summed E-state index contributed by atoms with van der Waals surface area (Å²) in [7, 11) is 0. The molecule has 21 heavy (non-hydrogen) atoms. The van der Waals surface area contributed by atoms with E-state index >= 15 is 0 Å². The molecule has 0 N–H and O–H groups in total. The number of aromatic nitrogens is 1. The van der Waals surface area contributed by atoms with Crippen LogP contribution in [0.5, 0.6) is 0 Å².